The van der Waals surface area contributed by atoms with Gasteiger partial charge >= 0.3 is 0 Å². The Morgan fingerprint density at radius 3 is 2.41 bits per heavy atom. The molecule has 0 bridgehead atoms. The van der Waals surface area contributed by atoms with E-state index in [1.807, 2.05) is 12.4 Å². The number of rotatable bonds is 5. The molecule has 1 rings (SSSR count). The summed E-state index contributed by atoms with van der Waals surface area (Å²) >= 11 is 0. The zero-order valence-electron chi connectivity index (χ0n) is 11.6. The van der Waals surface area contributed by atoms with Crippen LogP contribution in [0.5, 0.6) is 0 Å². The Kier molecular flexibility index (Phi) is 4.87. The number of hydrogen-bond donors (Lipinski definition) is 1. The van der Waals surface area contributed by atoms with Crippen LogP contribution < -0.4 is 10.2 Å². The maximum atomic E-state index is 4.44. The zero-order valence-corrected chi connectivity index (χ0v) is 11.6. The van der Waals surface area contributed by atoms with E-state index in [1.54, 1.807) is 0 Å². The highest BCUT2D eigenvalue weighted by Crippen LogP contribution is 2.17. The van der Waals surface area contributed by atoms with Gasteiger partial charge in [-0.15, -0.1) is 0 Å². The van der Waals surface area contributed by atoms with Gasteiger partial charge in [0.2, 0.25) is 0 Å². The molecule has 0 unspecified atom stereocenters. The van der Waals surface area contributed by atoms with Gasteiger partial charge in [-0.1, -0.05) is 27.7 Å². The molecule has 0 aromatic carbocycles. The first kappa shape index (κ1) is 13.9. The molecule has 0 fully saturated rings. The fourth-order valence-electron chi connectivity index (χ4n) is 1.68. The third-order valence-corrected chi connectivity index (χ3v) is 2.35. The molecule has 1 N–H and O–H groups in total. The molecule has 17 heavy (non-hydrogen) atoms. The second kappa shape index (κ2) is 5.96. The average Bonchev–Trinajstić information content (AvgIpc) is 2.24. The van der Waals surface area contributed by atoms with Crippen molar-refractivity contribution in [3.8, 4) is 0 Å². The van der Waals surface area contributed by atoms with Crippen molar-refractivity contribution in [1.29, 1.82) is 0 Å². The molecule has 1 aromatic rings. The van der Waals surface area contributed by atoms with E-state index in [1.165, 1.54) is 0 Å². The molecule has 0 saturated carbocycles. The Bertz CT molecular complexity index is 326. The minimum absolute atomic E-state index is 0.263. The van der Waals surface area contributed by atoms with Crippen LogP contribution in [0.15, 0.2) is 12.4 Å². The lowest BCUT2D eigenvalue weighted by Crippen LogP contribution is -2.29. The van der Waals surface area contributed by atoms with Gasteiger partial charge < -0.3 is 10.2 Å². The monoisotopic (exact) mass is 236 g/mol. The van der Waals surface area contributed by atoms with Crippen LogP contribution in [-0.4, -0.2) is 30.1 Å². The Labute approximate surface area is 104 Å². The highest BCUT2D eigenvalue weighted by Gasteiger charge is 2.14. The van der Waals surface area contributed by atoms with E-state index >= 15 is 0 Å². The van der Waals surface area contributed by atoms with Gasteiger partial charge in [0.15, 0.2) is 0 Å². The van der Waals surface area contributed by atoms with Crippen molar-refractivity contribution in [2.75, 3.05) is 25.0 Å². The normalized spacial score (nSPS) is 11.6. The van der Waals surface area contributed by atoms with Crippen LogP contribution in [0, 0.1) is 5.41 Å². The van der Waals surface area contributed by atoms with Gasteiger partial charge in [-0.2, -0.15) is 0 Å². The molecule has 0 spiro atoms. The van der Waals surface area contributed by atoms with Crippen LogP contribution in [0.4, 0.5) is 5.82 Å². The quantitative estimate of drug-likeness (QED) is 0.849. The summed E-state index contributed by atoms with van der Waals surface area (Å²) in [6, 6.07) is 0. The van der Waals surface area contributed by atoms with Crippen LogP contribution in [-0.2, 0) is 6.54 Å². The topological polar surface area (TPSA) is 41.1 Å². The summed E-state index contributed by atoms with van der Waals surface area (Å²) in [6.07, 6.45) is 3.69. The maximum absolute atomic E-state index is 4.44. The SMILES string of the molecule is CCNCc1cnc(N(C)CC(C)(C)C)cn1. The zero-order chi connectivity index (χ0) is 12.9. The summed E-state index contributed by atoms with van der Waals surface area (Å²) in [6.45, 7) is 11.4. The summed E-state index contributed by atoms with van der Waals surface area (Å²) in [4.78, 5) is 11.0. The molecule has 0 aliphatic carbocycles. The fourth-order valence-corrected chi connectivity index (χ4v) is 1.68. The van der Waals surface area contributed by atoms with E-state index in [0.717, 1.165) is 31.1 Å². The molecule has 0 amide bonds. The van der Waals surface area contributed by atoms with Gasteiger partial charge in [0.25, 0.3) is 0 Å². The molecule has 1 aromatic heterocycles. The van der Waals surface area contributed by atoms with Crippen LogP contribution >= 0.6 is 0 Å². The second-order valence-electron chi connectivity index (χ2n) is 5.56. The molecule has 0 aliphatic rings. The molecular weight excluding hydrogens is 212 g/mol. The Balaban J connectivity index is 2.60. The number of hydrogen-bond acceptors (Lipinski definition) is 4. The van der Waals surface area contributed by atoms with Gasteiger partial charge in [0.1, 0.15) is 5.82 Å². The summed E-state index contributed by atoms with van der Waals surface area (Å²) in [5.41, 5.74) is 1.25. The van der Waals surface area contributed by atoms with Crippen LogP contribution in [0.2, 0.25) is 0 Å². The summed E-state index contributed by atoms with van der Waals surface area (Å²) in [7, 11) is 2.05. The van der Waals surface area contributed by atoms with E-state index in [-0.39, 0.29) is 5.41 Å². The van der Waals surface area contributed by atoms with Gasteiger partial charge in [0.05, 0.1) is 18.1 Å². The molecule has 0 atom stereocenters. The van der Waals surface area contributed by atoms with Crippen LogP contribution in [0.3, 0.4) is 0 Å². The van der Waals surface area contributed by atoms with Crippen LogP contribution in [0.1, 0.15) is 33.4 Å². The highest BCUT2D eigenvalue weighted by atomic mass is 15.2. The molecule has 4 nitrogen and oxygen atoms in total. The Morgan fingerprint density at radius 2 is 1.94 bits per heavy atom. The highest BCUT2D eigenvalue weighted by molar-refractivity contribution is 5.34. The molecular formula is C13H24N4. The number of nitrogens with zero attached hydrogens (tertiary/aromatic N) is 3. The molecule has 1 heterocycles. The number of anilines is 1. The van der Waals surface area contributed by atoms with E-state index in [4.69, 9.17) is 0 Å². The van der Waals surface area contributed by atoms with Crippen molar-refractivity contribution in [2.24, 2.45) is 5.41 Å². The molecule has 0 saturated heterocycles. The third-order valence-electron chi connectivity index (χ3n) is 2.35. The van der Waals surface area contributed by atoms with Gasteiger partial charge in [-0.3, -0.25) is 4.98 Å². The number of aromatic nitrogens is 2. The molecule has 4 heteroatoms. The minimum atomic E-state index is 0.263. The number of nitrogens with one attached hydrogen (secondary N) is 1. The summed E-state index contributed by atoms with van der Waals surface area (Å²) in [5, 5.41) is 3.24. The lowest BCUT2D eigenvalue weighted by Gasteiger charge is -2.27. The van der Waals surface area contributed by atoms with E-state index < -0.39 is 0 Å². The van der Waals surface area contributed by atoms with Gasteiger partial charge in [-0.25, -0.2) is 4.98 Å². The fraction of sp³-hybridized carbons (Fsp3) is 0.692. The lowest BCUT2D eigenvalue weighted by molar-refractivity contribution is 0.417. The standard InChI is InChI=1S/C13H24N4/c1-6-14-7-11-8-16-12(9-15-11)17(5)10-13(2,3)4/h8-9,14H,6-7,10H2,1-5H3. The van der Waals surface area contributed by atoms with E-state index in [2.05, 4.69) is 54.9 Å². The van der Waals surface area contributed by atoms with Gasteiger partial charge in [-0.05, 0) is 12.0 Å². The van der Waals surface area contributed by atoms with Gasteiger partial charge in [0, 0.05) is 20.1 Å². The van der Waals surface area contributed by atoms with Crippen molar-refractivity contribution in [1.82, 2.24) is 15.3 Å². The van der Waals surface area contributed by atoms with E-state index in [9.17, 15) is 0 Å². The van der Waals surface area contributed by atoms with E-state index in [0.29, 0.717) is 0 Å². The summed E-state index contributed by atoms with van der Waals surface area (Å²) in [5.74, 6) is 0.931. The second-order valence-corrected chi connectivity index (χ2v) is 5.56. The lowest BCUT2D eigenvalue weighted by atomic mass is 9.96. The first-order chi connectivity index (χ1) is 7.92. The Hall–Kier alpha value is -1.16. The Morgan fingerprint density at radius 1 is 1.24 bits per heavy atom. The van der Waals surface area contributed by atoms with Crippen molar-refractivity contribution >= 4 is 5.82 Å². The molecule has 0 aliphatic heterocycles. The van der Waals surface area contributed by atoms with Crippen molar-refractivity contribution < 1.29 is 0 Å². The third kappa shape index (κ3) is 5.13. The maximum Gasteiger partial charge on any atom is 0.146 e. The molecule has 0 radical (unpaired) electrons. The smallest absolute Gasteiger partial charge is 0.146 e. The predicted octanol–water partition coefficient (Wildman–Crippen LogP) is 2.07. The largest absolute Gasteiger partial charge is 0.358 e. The van der Waals surface area contributed by atoms with Crippen LogP contribution in [0.25, 0.3) is 0 Å². The first-order valence-corrected chi connectivity index (χ1v) is 6.15. The van der Waals surface area contributed by atoms with Crippen molar-refractivity contribution in [2.45, 2.75) is 34.2 Å². The van der Waals surface area contributed by atoms with Crippen molar-refractivity contribution in [3.63, 3.8) is 0 Å². The molecule has 96 valence electrons. The average molecular weight is 236 g/mol. The minimum Gasteiger partial charge on any atom is -0.358 e. The van der Waals surface area contributed by atoms with Crippen molar-refractivity contribution in [3.05, 3.63) is 18.1 Å². The predicted molar refractivity (Wildman–Crippen MR) is 72.1 cm³/mol. The first-order valence-electron chi connectivity index (χ1n) is 6.15. The summed E-state index contributed by atoms with van der Waals surface area (Å²) < 4.78 is 0.